The van der Waals surface area contributed by atoms with Crippen LogP contribution in [0.25, 0.3) is 0 Å². The van der Waals surface area contributed by atoms with Crippen molar-refractivity contribution in [3.8, 4) is 5.75 Å². The third kappa shape index (κ3) is 3.24. The van der Waals surface area contributed by atoms with Crippen LogP contribution in [0.5, 0.6) is 5.75 Å². The van der Waals surface area contributed by atoms with E-state index in [0.29, 0.717) is 17.9 Å². The quantitative estimate of drug-likeness (QED) is 0.890. The standard InChI is InChI=1S/C15H23NO2/c1-3-18-15-8-10-16(11-9-15)12(2)13-4-6-14(17)7-5-13/h4-7,12,15,17H,3,8-11H2,1-2H3. The smallest absolute Gasteiger partial charge is 0.115 e. The molecule has 3 nitrogen and oxygen atoms in total. The van der Waals surface area contributed by atoms with E-state index in [1.807, 2.05) is 12.1 Å². The minimum Gasteiger partial charge on any atom is -0.508 e. The van der Waals surface area contributed by atoms with Gasteiger partial charge in [0.1, 0.15) is 5.75 Å². The molecular formula is C15H23NO2. The summed E-state index contributed by atoms with van der Waals surface area (Å²) in [6.45, 7) is 7.29. The molecule has 2 rings (SSSR count). The monoisotopic (exact) mass is 249 g/mol. The molecule has 1 aliphatic heterocycles. The van der Waals surface area contributed by atoms with Gasteiger partial charge in [-0.2, -0.15) is 0 Å². The molecule has 1 unspecified atom stereocenters. The molecule has 3 heteroatoms. The fraction of sp³-hybridized carbons (Fsp3) is 0.600. The zero-order valence-corrected chi connectivity index (χ0v) is 11.3. The number of nitrogens with zero attached hydrogens (tertiary/aromatic N) is 1. The number of aromatic hydroxyl groups is 1. The van der Waals surface area contributed by atoms with Gasteiger partial charge in [-0.05, 0) is 44.4 Å². The summed E-state index contributed by atoms with van der Waals surface area (Å²) in [6.07, 6.45) is 2.69. The van der Waals surface area contributed by atoms with Crippen LogP contribution in [-0.2, 0) is 4.74 Å². The Bertz CT molecular complexity index is 355. The van der Waals surface area contributed by atoms with E-state index in [-0.39, 0.29) is 0 Å². The predicted octanol–water partition coefficient (Wildman–Crippen LogP) is 2.95. The SMILES string of the molecule is CCOC1CCN(C(C)c2ccc(O)cc2)CC1. The lowest BCUT2D eigenvalue weighted by Crippen LogP contribution is -2.38. The molecule has 1 saturated heterocycles. The molecule has 1 heterocycles. The number of hydrogen-bond acceptors (Lipinski definition) is 3. The molecule has 0 aromatic heterocycles. The molecule has 0 radical (unpaired) electrons. The van der Waals surface area contributed by atoms with E-state index in [1.165, 1.54) is 5.56 Å². The second-order valence-electron chi connectivity index (χ2n) is 4.96. The van der Waals surface area contributed by atoms with Gasteiger partial charge in [0, 0.05) is 25.7 Å². The number of rotatable bonds is 4. The average molecular weight is 249 g/mol. The van der Waals surface area contributed by atoms with Crippen molar-refractivity contribution in [3.05, 3.63) is 29.8 Å². The first kappa shape index (κ1) is 13.4. The Morgan fingerprint density at radius 2 is 1.89 bits per heavy atom. The molecule has 18 heavy (non-hydrogen) atoms. The molecule has 0 spiro atoms. The van der Waals surface area contributed by atoms with Gasteiger partial charge in [0.05, 0.1) is 6.10 Å². The molecular weight excluding hydrogens is 226 g/mol. The minimum absolute atomic E-state index is 0.334. The van der Waals surface area contributed by atoms with Gasteiger partial charge in [0.2, 0.25) is 0 Å². The molecule has 100 valence electrons. The number of phenols is 1. The first-order chi connectivity index (χ1) is 8.70. The predicted molar refractivity (Wildman–Crippen MR) is 72.7 cm³/mol. The van der Waals surface area contributed by atoms with Gasteiger partial charge in [0.25, 0.3) is 0 Å². The number of piperidine rings is 1. The van der Waals surface area contributed by atoms with Crippen LogP contribution in [0.15, 0.2) is 24.3 Å². The van der Waals surface area contributed by atoms with Crippen LogP contribution in [0.3, 0.4) is 0 Å². The molecule has 1 aromatic carbocycles. The van der Waals surface area contributed by atoms with Gasteiger partial charge < -0.3 is 9.84 Å². The van der Waals surface area contributed by atoms with Crippen LogP contribution in [-0.4, -0.2) is 35.8 Å². The first-order valence-electron chi connectivity index (χ1n) is 6.85. The maximum absolute atomic E-state index is 9.31. The van der Waals surface area contributed by atoms with Crippen LogP contribution in [0.1, 0.15) is 38.3 Å². The molecule has 1 fully saturated rings. The van der Waals surface area contributed by atoms with Gasteiger partial charge in [-0.15, -0.1) is 0 Å². The van der Waals surface area contributed by atoms with E-state index in [9.17, 15) is 5.11 Å². The summed E-state index contributed by atoms with van der Waals surface area (Å²) in [5, 5.41) is 9.31. The molecule has 1 aliphatic rings. The lowest BCUT2D eigenvalue weighted by molar-refractivity contribution is 0.00555. The molecule has 0 saturated carbocycles. The van der Waals surface area contributed by atoms with Crippen molar-refractivity contribution < 1.29 is 9.84 Å². The minimum atomic E-state index is 0.334. The van der Waals surface area contributed by atoms with Crippen LogP contribution in [0.2, 0.25) is 0 Å². The van der Waals surface area contributed by atoms with Crippen molar-refractivity contribution in [1.82, 2.24) is 4.90 Å². The van der Waals surface area contributed by atoms with Crippen LogP contribution in [0.4, 0.5) is 0 Å². The van der Waals surface area contributed by atoms with Crippen molar-refractivity contribution in [2.24, 2.45) is 0 Å². The Kier molecular flexibility index (Phi) is 4.61. The molecule has 1 N–H and O–H groups in total. The van der Waals surface area contributed by atoms with Gasteiger partial charge >= 0.3 is 0 Å². The van der Waals surface area contributed by atoms with E-state index < -0.39 is 0 Å². The summed E-state index contributed by atoms with van der Waals surface area (Å²) in [4.78, 5) is 2.49. The van der Waals surface area contributed by atoms with Crippen LogP contribution in [0, 0.1) is 0 Å². The lowest BCUT2D eigenvalue weighted by Gasteiger charge is -2.36. The van der Waals surface area contributed by atoms with E-state index in [4.69, 9.17) is 4.74 Å². The van der Waals surface area contributed by atoms with Crippen molar-refractivity contribution in [1.29, 1.82) is 0 Å². The third-order valence-electron chi connectivity index (χ3n) is 3.80. The van der Waals surface area contributed by atoms with Crippen molar-refractivity contribution >= 4 is 0 Å². The van der Waals surface area contributed by atoms with E-state index >= 15 is 0 Å². The van der Waals surface area contributed by atoms with Crippen molar-refractivity contribution in [2.45, 2.75) is 38.8 Å². The fourth-order valence-corrected chi connectivity index (χ4v) is 2.63. The van der Waals surface area contributed by atoms with Crippen LogP contribution >= 0.6 is 0 Å². The highest BCUT2D eigenvalue weighted by Crippen LogP contribution is 2.26. The maximum atomic E-state index is 9.31. The van der Waals surface area contributed by atoms with Crippen molar-refractivity contribution in [3.63, 3.8) is 0 Å². The molecule has 1 atom stereocenters. The van der Waals surface area contributed by atoms with Gasteiger partial charge in [-0.25, -0.2) is 0 Å². The van der Waals surface area contributed by atoms with Gasteiger partial charge in [0.15, 0.2) is 0 Å². The zero-order chi connectivity index (χ0) is 13.0. The largest absolute Gasteiger partial charge is 0.508 e. The van der Waals surface area contributed by atoms with E-state index in [1.54, 1.807) is 12.1 Å². The molecule has 0 aliphatic carbocycles. The highest BCUT2D eigenvalue weighted by Gasteiger charge is 2.23. The molecule has 0 bridgehead atoms. The average Bonchev–Trinajstić information content (AvgIpc) is 2.40. The number of hydrogen-bond donors (Lipinski definition) is 1. The summed E-state index contributed by atoms with van der Waals surface area (Å²) in [6, 6.07) is 7.95. The van der Waals surface area contributed by atoms with Crippen molar-refractivity contribution in [2.75, 3.05) is 19.7 Å². The Morgan fingerprint density at radius 1 is 1.28 bits per heavy atom. The summed E-state index contributed by atoms with van der Waals surface area (Å²) < 4.78 is 5.67. The Morgan fingerprint density at radius 3 is 2.44 bits per heavy atom. The summed E-state index contributed by atoms with van der Waals surface area (Å²) >= 11 is 0. The summed E-state index contributed by atoms with van der Waals surface area (Å²) in [5.74, 6) is 0.334. The molecule has 1 aromatic rings. The highest BCUT2D eigenvalue weighted by atomic mass is 16.5. The second kappa shape index (κ2) is 6.21. The first-order valence-corrected chi connectivity index (χ1v) is 6.85. The normalized spacial score (nSPS) is 19.9. The van der Waals surface area contributed by atoms with Crippen LogP contribution < -0.4 is 0 Å². The number of phenolic OH excluding ortho intramolecular Hbond substituents is 1. The zero-order valence-electron chi connectivity index (χ0n) is 11.3. The van der Waals surface area contributed by atoms with E-state index in [2.05, 4.69) is 18.7 Å². The third-order valence-corrected chi connectivity index (χ3v) is 3.80. The Balaban J connectivity index is 1.91. The number of likely N-dealkylation sites (tertiary alicyclic amines) is 1. The Labute approximate surface area is 109 Å². The fourth-order valence-electron chi connectivity index (χ4n) is 2.63. The lowest BCUT2D eigenvalue weighted by atomic mass is 10.0. The topological polar surface area (TPSA) is 32.7 Å². The van der Waals surface area contributed by atoms with Gasteiger partial charge in [-0.3, -0.25) is 4.90 Å². The Hall–Kier alpha value is -1.06. The summed E-state index contributed by atoms with van der Waals surface area (Å²) in [7, 11) is 0. The number of ether oxygens (including phenoxy) is 1. The molecule has 0 amide bonds. The van der Waals surface area contributed by atoms with E-state index in [0.717, 1.165) is 32.5 Å². The summed E-state index contributed by atoms with van der Waals surface area (Å²) in [5.41, 5.74) is 1.27. The number of benzene rings is 1. The highest BCUT2D eigenvalue weighted by molar-refractivity contribution is 5.27. The van der Waals surface area contributed by atoms with Gasteiger partial charge in [-0.1, -0.05) is 12.1 Å². The maximum Gasteiger partial charge on any atom is 0.115 e. The second-order valence-corrected chi connectivity index (χ2v) is 4.96.